The van der Waals surface area contributed by atoms with Gasteiger partial charge < -0.3 is 10.2 Å². The number of aliphatic hydroxyl groups excluding tert-OH is 2. The highest BCUT2D eigenvalue weighted by Gasteiger charge is 2.10. The summed E-state index contributed by atoms with van der Waals surface area (Å²) in [4.78, 5) is 23.7. The summed E-state index contributed by atoms with van der Waals surface area (Å²) in [5.74, 6) is -0.736. The summed E-state index contributed by atoms with van der Waals surface area (Å²) < 4.78 is 0. The second-order valence-corrected chi connectivity index (χ2v) is 5.02. The van der Waals surface area contributed by atoms with Crippen LogP contribution in [0.3, 0.4) is 0 Å². The number of carbonyl (C=O) groups excluding carboxylic acids is 2. The van der Waals surface area contributed by atoms with Crippen LogP contribution in [0.1, 0.15) is 11.1 Å². The van der Waals surface area contributed by atoms with Crippen molar-refractivity contribution < 1.29 is 19.8 Å². The minimum Gasteiger partial charge on any atom is -0.400 e. The summed E-state index contributed by atoms with van der Waals surface area (Å²) in [7, 11) is 1.00. The summed E-state index contributed by atoms with van der Waals surface area (Å²) >= 11 is 0. The summed E-state index contributed by atoms with van der Waals surface area (Å²) in [6.45, 7) is 1.95. The standard InChI is InChI=1S/C17H18N2O3.CH4O/c1-12-4-2-5-13(10-12)11-16(21)18-19-17(22)14-6-3-7-15(20)9-8-14;1-2/h2-10,15,20H,11H2,1H3,(H,18,21)(H,19,22);2H,1H3. The molecule has 4 N–H and O–H groups in total. The van der Waals surface area contributed by atoms with Gasteiger partial charge >= 0.3 is 0 Å². The first-order valence-corrected chi connectivity index (χ1v) is 7.39. The first-order chi connectivity index (χ1) is 11.5. The molecule has 0 saturated heterocycles. The fourth-order valence-electron chi connectivity index (χ4n) is 2.00. The zero-order chi connectivity index (χ0) is 17.9. The molecule has 6 nitrogen and oxygen atoms in total. The topological polar surface area (TPSA) is 98.7 Å². The Morgan fingerprint density at radius 3 is 2.62 bits per heavy atom. The molecule has 0 heterocycles. The number of carbonyl (C=O) groups is 2. The zero-order valence-corrected chi connectivity index (χ0v) is 13.7. The molecule has 0 saturated carbocycles. The van der Waals surface area contributed by atoms with Crippen molar-refractivity contribution in [2.75, 3.05) is 7.11 Å². The molecule has 128 valence electrons. The number of benzene rings is 1. The highest BCUT2D eigenvalue weighted by atomic mass is 16.3. The van der Waals surface area contributed by atoms with E-state index in [9.17, 15) is 14.7 Å². The molecule has 0 radical (unpaired) electrons. The van der Waals surface area contributed by atoms with Gasteiger partial charge in [0.2, 0.25) is 5.91 Å². The van der Waals surface area contributed by atoms with E-state index in [0.717, 1.165) is 18.2 Å². The molecule has 6 heteroatoms. The van der Waals surface area contributed by atoms with Crippen LogP contribution in [-0.4, -0.2) is 35.2 Å². The van der Waals surface area contributed by atoms with Gasteiger partial charge in [-0.25, -0.2) is 0 Å². The summed E-state index contributed by atoms with van der Waals surface area (Å²) in [5, 5.41) is 16.4. The monoisotopic (exact) mass is 330 g/mol. The van der Waals surface area contributed by atoms with Crippen molar-refractivity contribution in [2.24, 2.45) is 0 Å². The minimum absolute atomic E-state index is 0.190. The van der Waals surface area contributed by atoms with Crippen molar-refractivity contribution in [1.29, 1.82) is 0 Å². The van der Waals surface area contributed by atoms with Gasteiger partial charge in [0.15, 0.2) is 0 Å². The van der Waals surface area contributed by atoms with Crippen molar-refractivity contribution in [2.45, 2.75) is 19.4 Å². The molecule has 2 amide bonds. The van der Waals surface area contributed by atoms with Gasteiger partial charge in [0.1, 0.15) is 0 Å². The lowest BCUT2D eigenvalue weighted by Gasteiger charge is -2.08. The predicted octanol–water partition coefficient (Wildman–Crippen LogP) is 0.707. The fraction of sp³-hybridized carbons (Fsp3) is 0.222. The van der Waals surface area contributed by atoms with E-state index >= 15 is 0 Å². The second-order valence-electron chi connectivity index (χ2n) is 5.02. The Labute approximate surface area is 141 Å². The van der Waals surface area contributed by atoms with Gasteiger partial charge in [0, 0.05) is 12.7 Å². The maximum absolute atomic E-state index is 11.9. The van der Waals surface area contributed by atoms with Crippen LogP contribution in [-0.2, 0) is 16.0 Å². The number of hydrogen-bond acceptors (Lipinski definition) is 4. The van der Waals surface area contributed by atoms with Crippen LogP contribution in [0, 0.1) is 6.92 Å². The number of nitrogens with one attached hydrogen (secondary N) is 2. The molecule has 0 spiro atoms. The van der Waals surface area contributed by atoms with Gasteiger partial charge in [0.05, 0.1) is 12.5 Å². The van der Waals surface area contributed by atoms with Gasteiger partial charge in [-0.05, 0) is 18.6 Å². The zero-order valence-electron chi connectivity index (χ0n) is 13.7. The predicted molar refractivity (Wildman–Crippen MR) is 91.7 cm³/mol. The highest BCUT2D eigenvalue weighted by molar-refractivity contribution is 5.97. The lowest BCUT2D eigenvalue weighted by molar-refractivity contribution is -0.126. The quantitative estimate of drug-likeness (QED) is 0.613. The van der Waals surface area contributed by atoms with E-state index in [1.165, 1.54) is 12.2 Å². The van der Waals surface area contributed by atoms with Gasteiger partial charge in [-0.15, -0.1) is 0 Å². The molecule has 1 atom stereocenters. The number of hydrazine groups is 1. The summed E-state index contributed by atoms with van der Waals surface area (Å²) in [5.41, 5.74) is 7.04. The molecule has 0 fully saturated rings. The van der Waals surface area contributed by atoms with E-state index in [0.29, 0.717) is 5.57 Å². The number of aliphatic hydroxyl groups is 2. The minimum atomic E-state index is -0.711. The number of allylic oxidation sites excluding steroid dienone is 2. The third kappa shape index (κ3) is 6.60. The van der Waals surface area contributed by atoms with Gasteiger partial charge in [-0.1, -0.05) is 54.1 Å². The third-order valence-corrected chi connectivity index (χ3v) is 3.08. The highest BCUT2D eigenvalue weighted by Crippen LogP contribution is 2.06. The fourth-order valence-corrected chi connectivity index (χ4v) is 2.00. The molecule has 1 aliphatic rings. The molecule has 0 aliphatic heterocycles. The van der Waals surface area contributed by atoms with Crippen molar-refractivity contribution in [1.82, 2.24) is 10.9 Å². The SMILES string of the molecule is CO.Cc1cccc(CC(=O)NNC(=O)C2=CC=CC(O)C=C2)c1. The van der Waals surface area contributed by atoms with Gasteiger partial charge in [-0.2, -0.15) is 0 Å². The lowest BCUT2D eigenvalue weighted by Crippen LogP contribution is -2.42. The molecule has 1 aromatic rings. The Balaban J connectivity index is 0.00000139. The van der Waals surface area contributed by atoms with Crippen molar-refractivity contribution >= 4 is 11.8 Å². The van der Waals surface area contributed by atoms with E-state index < -0.39 is 12.0 Å². The Hall–Kier alpha value is -2.70. The van der Waals surface area contributed by atoms with E-state index in [4.69, 9.17) is 5.11 Å². The van der Waals surface area contributed by atoms with Crippen molar-refractivity contribution in [3.8, 4) is 0 Å². The number of amides is 2. The Morgan fingerprint density at radius 1 is 1.17 bits per heavy atom. The Morgan fingerprint density at radius 2 is 1.92 bits per heavy atom. The molecule has 1 unspecified atom stereocenters. The van der Waals surface area contributed by atoms with E-state index in [1.54, 1.807) is 18.2 Å². The molecule has 2 rings (SSSR count). The molecule has 1 aromatic carbocycles. The number of rotatable bonds is 3. The largest absolute Gasteiger partial charge is 0.400 e. The molecular formula is C18H22N2O4. The van der Waals surface area contributed by atoms with Crippen LogP contribution >= 0.6 is 0 Å². The van der Waals surface area contributed by atoms with Crippen LogP contribution in [0.25, 0.3) is 0 Å². The molecule has 24 heavy (non-hydrogen) atoms. The van der Waals surface area contributed by atoms with Gasteiger partial charge in [0.25, 0.3) is 5.91 Å². The Bertz CT molecular complexity index is 663. The van der Waals surface area contributed by atoms with Gasteiger partial charge in [-0.3, -0.25) is 20.4 Å². The average Bonchev–Trinajstić information content (AvgIpc) is 2.79. The first kappa shape index (κ1) is 19.3. The Kier molecular flexibility index (Phi) is 8.18. The summed E-state index contributed by atoms with van der Waals surface area (Å²) in [6.07, 6.45) is 7.18. The van der Waals surface area contributed by atoms with Crippen LogP contribution in [0.4, 0.5) is 0 Å². The molecule has 0 aromatic heterocycles. The normalized spacial score (nSPS) is 15.5. The third-order valence-electron chi connectivity index (χ3n) is 3.08. The van der Waals surface area contributed by atoms with E-state index in [1.807, 2.05) is 31.2 Å². The first-order valence-electron chi connectivity index (χ1n) is 7.39. The van der Waals surface area contributed by atoms with Crippen LogP contribution in [0.5, 0.6) is 0 Å². The average molecular weight is 330 g/mol. The van der Waals surface area contributed by atoms with Crippen LogP contribution < -0.4 is 10.9 Å². The maximum atomic E-state index is 11.9. The lowest BCUT2D eigenvalue weighted by atomic mass is 10.1. The maximum Gasteiger partial charge on any atom is 0.269 e. The van der Waals surface area contributed by atoms with Crippen LogP contribution in [0.15, 0.2) is 60.2 Å². The van der Waals surface area contributed by atoms with Crippen LogP contribution in [0.2, 0.25) is 0 Å². The summed E-state index contributed by atoms with van der Waals surface area (Å²) in [6, 6.07) is 7.62. The molecule has 0 bridgehead atoms. The van der Waals surface area contributed by atoms with E-state index in [2.05, 4.69) is 10.9 Å². The second kappa shape index (κ2) is 10.1. The molecule has 1 aliphatic carbocycles. The van der Waals surface area contributed by atoms with E-state index in [-0.39, 0.29) is 12.3 Å². The number of aryl methyl sites for hydroxylation is 1. The van der Waals surface area contributed by atoms with Crippen molar-refractivity contribution in [3.05, 3.63) is 71.3 Å². The van der Waals surface area contributed by atoms with Crippen molar-refractivity contribution in [3.63, 3.8) is 0 Å². The molecular weight excluding hydrogens is 308 g/mol. The number of hydrogen-bond donors (Lipinski definition) is 4. The smallest absolute Gasteiger partial charge is 0.269 e.